The minimum absolute atomic E-state index is 0.0310. The van der Waals surface area contributed by atoms with Crippen molar-refractivity contribution in [3.63, 3.8) is 0 Å². The molecule has 128 valence electrons. The summed E-state index contributed by atoms with van der Waals surface area (Å²) < 4.78 is 0. The number of hydrogen-bond acceptors (Lipinski definition) is 2. The third-order valence-electron chi connectivity index (χ3n) is 4.47. The lowest BCUT2D eigenvalue weighted by atomic mass is 9.83. The molecule has 4 heteroatoms. The highest BCUT2D eigenvalue weighted by Gasteiger charge is 2.24. The molecular formula is C20H26N2O2. The van der Waals surface area contributed by atoms with Crippen LogP contribution >= 0.6 is 0 Å². The number of rotatable bonds is 3. The molecule has 0 bridgehead atoms. The van der Waals surface area contributed by atoms with Crippen LogP contribution in [0.25, 0.3) is 0 Å². The Bertz CT molecular complexity index is 666. The maximum Gasteiger partial charge on any atom is 0.254 e. The first-order chi connectivity index (χ1) is 11.2. The molecule has 0 aromatic heterocycles. The molecule has 0 aliphatic carbocycles. The number of carbonyl (C=O) groups is 2. The highest BCUT2D eigenvalue weighted by Crippen LogP contribution is 2.30. The fourth-order valence-corrected chi connectivity index (χ4v) is 2.81. The van der Waals surface area contributed by atoms with Crippen LogP contribution in [0.5, 0.6) is 0 Å². The molecule has 0 N–H and O–H groups in total. The number of anilines is 1. The molecule has 0 unspecified atom stereocenters. The van der Waals surface area contributed by atoms with E-state index in [1.807, 2.05) is 4.90 Å². The quantitative estimate of drug-likeness (QED) is 0.628. The Balaban J connectivity index is 2.08. The van der Waals surface area contributed by atoms with Crippen LogP contribution in [0.15, 0.2) is 48.6 Å². The second kappa shape index (κ2) is 7.04. The van der Waals surface area contributed by atoms with Crippen molar-refractivity contribution in [1.82, 2.24) is 4.90 Å². The highest BCUT2D eigenvalue weighted by atomic mass is 16.2. The van der Waals surface area contributed by atoms with Gasteiger partial charge in [0.05, 0.1) is 0 Å². The Morgan fingerprint density at radius 1 is 1.21 bits per heavy atom. The second-order valence-electron chi connectivity index (χ2n) is 7.13. The van der Waals surface area contributed by atoms with Crippen LogP contribution in [0.4, 0.5) is 5.69 Å². The Labute approximate surface area is 144 Å². The Kier molecular flexibility index (Phi) is 5.27. The molecule has 0 spiro atoms. The van der Waals surface area contributed by atoms with E-state index in [9.17, 15) is 9.59 Å². The summed E-state index contributed by atoms with van der Waals surface area (Å²) in [7, 11) is 1.68. The van der Waals surface area contributed by atoms with Crippen LogP contribution in [-0.2, 0) is 4.79 Å². The number of benzene rings is 1. The molecule has 1 aliphatic rings. The van der Waals surface area contributed by atoms with Crippen LogP contribution in [0.3, 0.4) is 0 Å². The van der Waals surface area contributed by atoms with E-state index >= 15 is 0 Å². The first kappa shape index (κ1) is 18.0. The van der Waals surface area contributed by atoms with Gasteiger partial charge >= 0.3 is 0 Å². The summed E-state index contributed by atoms with van der Waals surface area (Å²) in [6, 6.07) is 7.12. The van der Waals surface area contributed by atoms with Gasteiger partial charge in [0.15, 0.2) is 0 Å². The first-order valence-corrected chi connectivity index (χ1v) is 8.23. The minimum atomic E-state index is -0.176. The molecule has 1 heterocycles. The number of nitrogens with zero attached hydrogens (tertiary/aromatic N) is 2. The van der Waals surface area contributed by atoms with Gasteiger partial charge in [-0.3, -0.25) is 9.59 Å². The van der Waals surface area contributed by atoms with Gasteiger partial charge in [-0.05, 0) is 42.2 Å². The smallest absolute Gasteiger partial charge is 0.254 e. The predicted octanol–water partition coefficient (Wildman–Crippen LogP) is 3.65. The zero-order valence-corrected chi connectivity index (χ0v) is 15.0. The van der Waals surface area contributed by atoms with Crippen molar-refractivity contribution in [2.75, 3.05) is 25.0 Å². The van der Waals surface area contributed by atoms with E-state index in [0.717, 1.165) is 18.7 Å². The van der Waals surface area contributed by atoms with E-state index in [4.69, 9.17) is 0 Å². The standard InChI is InChI=1S/C20H26N2O2/c1-6-18(23)21(5)17-9-7-15(8-10-17)19(24)22-13-11-16(12-14-22)20(2,3)4/h6-11H,1,12-14H2,2-5H3. The Morgan fingerprint density at radius 2 is 1.83 bits per heavy atom. The van der Waals surface area contributed by atoms with Crippen molar-refractivity contribution in [3.8, 4) is 0 Å². The molecule has 1 aromatic carbocycles. The molecule has 2 rings (SSSR count). The van der Waals surface area contributed by atoms with E-state index in [-0.39, 0.29) is 17.2 Å². The molecule has 24 heavy (non-hydrogen) atoms. The van der Waals surface area contributed by atoms with Crippen LogP contribution in [-0.4, -0.2) is 36.9 Å². The van der Waals surface area contributed by atoms with Crippen molar-refractivity contribution in [1.29, 1.82) is 0 Å². The van der Waals surface area contributed by atoms with Gasteiger partial charge < -0.3 is 9.80 Å². The first-order valence-electron chi connectivity index (χ1n) is 8.23. The molecule has 0 radical (unpaired) electrons. The molecule has 1 aromatic rings. The normalized spacial score (nSPS) is 14.8. The van der Waals surface area contributed by atoms with Gasteiger partial charge in [0.25, 0.3) is 5.91 Å². The van der Waals surface area contributed by atoms with Crippen LogP contribution < -0.4 is 4.90 Å². The number of hydrogen-bond donors (Lipinski definition) is 0. The Hall–Kier alpha value is -2.36. The van der Waals surface area contributed by atoms with E-state index < -0.39 is 0 Å². The summed E-state index contributed by atoms with van der Waals surface area (Å²) in [4.78, 5) is 27.6. The summed E-state index contributed by atoms with van der Waals surface area (Å²) >= 11 is 0. The summed E-state index contributed by atoms with van der Waals surface area (Å²) in [6.07, 6.45) is 4.36. The third-order valence-corrected chi connectivity index (χ3v) is 4.47. The van der Waals surface area contributed by atoms with Gasteiger partial charge in [-0.2, -0.15) is 0 Å². The average molecular weight is 326 g/mol. The largest absolute Gasteiger partial charge is 0.335 e. The number of amides is 2. The topological polar surface area (TPSA) is 40.6 Å². The van der Waals surface area contributed by atoms with Gasteiger partial charge in [0, 0.05) is 31.4 Å². The lowest BCUT2D eigenvalue weighted by Gasteiger charge is -2.32. The zero-order chi connectivity index (χ0) is 17.9. The van der Waals surface area contributed by atoms with Crippen molar-refractivity contribution >= 4 is 17.5 Å². The highest BCUT2D eigenvalue weighted by molar-refractivity contribution is 6.01. The van der Waals surface area contributed by atoms with Gasteiger partial charge in [0.2, 0.25) is 5.91 Å². The summed E-state index contributed by atoms with van der Waals surface area (Å²) in [5.74, 6) is -0.145. The van der Waals surface area contributed by atoms with Gasteiger partial charge in [-0.15, -0.1) is 0 Å². The number of carbonyl (C=O) groups excluding carboxylic acids is 2. The predicted molar refractivity (Wildman–Crippen MR) is 98.1 cm³/mol. The van der Waals surface area contributed by atoms with E-state index in [0.29, 0.717) is 12.1 Å². The zero-order valence-electron chi connectivity index (χ0n) is 15.0. The molecule has 0 fully saturated rings. The average Bonchev–Trinajstić information content (AvgIpc) is 2.59. The SMILES string of the molecule is C=CC(=O)N(C)c1ccc(C(=O)N2CC=C(C(C)(C)C)CC2)cc1. The molecule has 2 amide bonds. The van der Waals surface area contributed by atoms with Crippen molar-refractivity contribution in [2.24, 2.45) is 5.41 Å². The van der Waals surface area contributed by atoms with E-state index in [1.165, 1.54) is 16.5 Å². The molecule has 0 atom stereocenters. The molecule has 1 aliphatic heterocycles. The summed E-state index contributed by atoms with van der Waals surface area (Å²) in [5, 5.41) is 0. The third kappa shape index (κ3) is 3.94. The molecule has 4 nitrogen and oxygen atoms in total. The van der Waals surface area contributed by atoms with Crippen LogP contribution in [0, 0.1) is 5.41 Å². The number of likely N-dealkylation sites (N-methyl/N-ethyl adjacent to an activating group) is 1. The molecule has 0 saturated heterocycles. The van der Waals surface area contributed by atoms with Gasteiger partial charge in [-0.1, -0.05) is 39.0 Å². The summed E-state index contributed by atoms with van der Waals surface area (Å²) in [6.45, 7) is 11.5. The van der Waals surface area contributed by atoms with Crippen LogP contribution in [0.1, 0.15) is 37.6 Å². The molecule has 0 saturated carbocycles. The molecular weight excluding hydrogens is 300 g/mol. The van der Waals surface area contributed by atoms with Crippen molar-refractivity contribution in [3.05, 3.63) is 54.1 Å². The lowest BCUT2D eigenvalue weighted by Crippen LogP contribution is -2.36. The van der Waals surface area contributed by atoms with E-state index in [2.05, 4.69) is 33.4 Å². The maximum atomic E-state index is 12.6. The van der Waals surface area contributed by atoms with Crippen LogP contribution in [0.2, 0.25) is 0 Å². The fourth-order valence-electron chi connectivity index (χ4n) is 2.81. The van der Waals surface area contributed by atoms with Gasteiger partial charge in [0.1, 0.15) is 0 Å². The monoisotopic (exact) mass is 326 g/mol. The minimum Gasteiger partial charge on any atom is -0.335 e. The van der Waals surface area contributed by atoms with Gasteiger partial charge in [-0.25, -0.2) is 0 Å². The summed E-state index contributed by atoms with van der Waals surface area (Å²) in [5.41, 5.74) is 2.96. The van der Waals surface area contributed by atoms with Crippen molar-refractivity contribution < 1.29 is 9.59 Å². The Morgan fingerprint density at radius 3 is 2.29 bits per heavy atom. The lowest BCUT2D eigenvalue weighted by molar-refractivity contribution is -0.113. The fraction of sp³-hybridized carbons (Fsp3) is 0.400. The maximum absolute atomic E-state index is 12.6. The van der Waals surface area contributed by atoms with E-state index in [1.54, 1.807) is 31.3 Å². The second-order valence-corrected chi connectivity index (χ2v) is 7.13. The van der Waals surface area contributed by atoms with Crippen molar-refractivity contribution in [2.45, 2.75) is 27.2 Å².